The lowest BCUT2D eigenvalue weighted by atomic mass is 10.1. The number of hydrogen-bond donors (Lipinski definition) is 1. The molecule has 0 unspecified atom stereocenters. The third kappa shape index (κ3) is 7.02. The Hall–Kier alpha value is -2.99. The standard InChI is InChI=1S/C24H26N2O3S.C2H6/c1-3-4-7-23-25-15-21(13-20(24(28)29)14-22-6-5-12-30-22)26(23)16-18-8-10-19(11-9-18)17(2)27;1-2/h5-6,8-13,15H,3-4,7,14,16H2,1-2H3,(H,28,29);1-2H3/b20-13+;. The molecule has 6 heteroatoms. The Morgan fingerprint density at radius 2 is 1.88 bits per heavy atom. The number of carboxylic acid groups (broad SMARTS) is 1. The molecule has 0 aliphatic rings. The van der Waals surface area contributed by atoms with Gasteiger partial charge in [0, 0.05) is 35.4 Å². The average Bonchev–Trinajstić information content (AvgIpc) is 3.44. The average molecular weight is 453 g/mol. The SMILES string of the molecule is CC.CCCCc1ncc(/C=C(\Cc2cccs2)C(=O)O)n1Cc1ccc(C(C)=O)cc1. The number of Topliss-reactive ketones (excluding diaryl/α,β-unsaturated/α-hetero) is 1. The predicted octanol–water partition coefficient (Wildman–Crippen LogP) is 6.28. The van der Waals surface area contributed by atoms with Crippen LogP contribution in [0, 0.1) is 0 Å². The van der Waals surface area contributed by atoms with Gasteiger partial charge in [0.25, 0.3) is 0 Å². The van der Waals surface area contributed by atoms with Crippen LogP contribution >= 0.6 is 11.3 Å². The molecule has 0 aliphatic carbocycles. The zero-order chi connectivity index (χ0) is 23.5. The molecule has 1 aromatic carbocycles. The van der Waals surface area contributed by atoms with Crippen molar-refractivity contribution < 1.29 is 14.7 Å². The molecular formula is C26H32N2O3S. The first-order valence-electron chi connectivity index (χ1n) is 11.1. The maximum Gasteiger partial charge on any atom is 0.332 e. The van der Waals surface area contributed by atoms with E-state index >= 15 is 0 Å². The minimum Gasteiger partial charge on any atom is -0.478 e. The summed E-state index contributed by atoms with van der Waals surface area (Å²) in [6.07, 6.45) is 6.79. The second kappa shape index (κ2) is 12.8. The number of aromatic nitrogens is 2. The predicted molar refractivity (Wildman–Crippen MR) is 131 cm³/mol. The number of carbonyl (C=O) groups is 2. The normalized spacial score (nSPS) is 11.1. The number of imidazole rings is 1. The van der Waals surface area contributed by atoms with Crippen LogP contribution in [-0.2, 0) is 24.2 Å². The molecule has 32 heavy (non-hydrogen) atoms. The Bertz CT molecular complexity index is 1030. The van der Waals surface area contributed by atoms with Crippen LogP contribution in [0.3, 0.4) is 0 Å². The van der Waals surface area contributed by atoms with Crippen LogP contribution in [-0.4, -0.2) is 26.4 Å². The van der Waals surface area contributed by atoms with E-state index < -0.39 is 5.97 Å². The first-order valence-corrected chi connectivity index (χ1v) is 12.0. The number of aryl methyl sites for hydroxylation is 1. The van der Waals surface area contributed by atoms with E-state index in [9.17, 15) is 14.7 Å². The lowest BCUT2D eigenvalue weighted by molar-refractivity contribution is -0.132. The number of thiophene rings is 1. The Morgan fingerprint density at radius 1 is 1.16 bits per heavy atom. The molecule has 0 amide bonds. The van der Waals surface area contributed by atoms with Gasteiger partial charge in [-0.15, -0.1) is 11.3 Å². The number of aliphatic carboxylic acids is 1. The Labute approximate surface area is 194 Å². The number of rotatable bonds is 10. The molecule has 0 saturated carbocycles. The fraction of sp³-hybridized carbons (Fsp3) is 0.346. The molecule has 0 saturated heterocycles. The van der Waals surface area contributed by atoms with Crippen LogP contribution in [0.2, 0.25) is 0 Å². The molecule has 0 fully saturated rings. The monoisotopic (exact) mass is 452 g/mol. The van der Waals surface area contributed by atoms with Crippen LogP contribution in [0.4, 0.5) is 0 Å². The molecule has 0 radical (unpaired) electrons. The number of ketones is 1. The number of hydrogen-bond acceptors (Lipinski definition) is 4. The molecule has 0 bridgehead atoms. The lowest BCUT2D eigenvalue weighted by Crippen LogP contribution is -2.09. The Balaban J connectivity index is 0.00000176. The molecule has 3 aromatic rings. The van der Waals surface area contributed by atoms with Crippen LogP contribution < -0.4 is 0 Å². The lowest BCUT2D eigenvalue weighted by Gasteiger charge is -2.12. The molecular weight excluding hydrogens is 420 g/mol. The van der Waals surface area contributed by atoms with E-state index in [1.54, 1.807) is 30.5 Å². The van der Waals surface area contributed by atoms with Gasteiger partial charge in [-0.25, -0.2) is 9.78 Å². The highest BCUT2D eigenvalue weighted by Gasteiger charge is 2.14. The van der Waals surface area contributed by atoms with Crippen LogP contribution in [0.1, 0.15) is 72.9 Å². The summed E-state index contributed by atoms with van der Waals surface area (Å²) in [5.74, 6) is 0.0628. The largest absolute Gasteiger partial charge is 0.478 e. The summed E-state index contributed by atoms with van der Waals surface area (Å²) in [5.41, 5.74) is 2.85. The summed E-state index contributed by atoms with van der Waals surface area (Å²) in [7, 11) is 0. The molecule has 2 aromatic heterocycles. The van der Waals surface area contributed by atoms with Crippen molar-refractivity contribution in [2.24, 2.45) is 0 Å². The van der Waals surface area contributed by atoms with Gasteiger partial charge in [-0.05, 0) is 36.4 Å². The summed E-state index contributed by atoms with van der Waals surface area (Å²) < 4.78 is 2.08. The van der Waals surface area contributed by atoms with Gasteiger partial charge in [0.05, 0.1) is 11.9 Å². The van der Waals surface area contributed by atoms with Gasteiger partial charge in [0.15, 0.2) is 5.78 Å². The molecule has 1 N–H and O–H groups in total. The van der Waals surface area contributed by atoms with E-state index in [2.05, 4.69) is 16.5 Å². The van der Waals surface area contributed by atoms with Crippen molar-refractivity contribution in [3.05, 3.63) is 81.1 Å². The minimum atomic E-state index is -0.919. The number of carbonyl (C=O) groups excluding carboxylic acids is 1. The number of unbranched alkanes of at least 4 members (excludes halogenated alkanes) is 1. The van der Waals surface area contributed by atoms with E-state index in [-0.39, 0.29) is 5.78 Å². The third-order valence-corrected chi connectivity index (χ3v) is 5.84. The summed E-state index contributed by atoms with van der Waals surface area (Å²) in [6, 6.07) is 11.4. The van der Waals surface area contributed by atoms with Gasteiger partial charge >= 0.3 is 5.97 Å². The van der Waals surface area contributed by atoms with E-state index in [4.69, 9.17) is 0 Å². The quantitative estimate of drug-likeness (QED) is 0.290. The maximum absolute atomic E-state index is 11.9. The van der Waals surface area contributed by atoms with Crippen molar-refractivity contribution in [2.75, 3.05) is 0 Å². The number of nitrogens with zero attached hydrogens (tertiary/aromatic N) is 2. The van der Waals surface area contributed by atoms with Gasteiger partial charge in [-0.2, -0.15) is 0 Å². The molecule has 0 aliphatic heterocycles. The summed E-state index contributed by atoms with van der Waals surface area (Å²) >= 11 is 1.55. The van der Waals surface area contributed by atoms with Crippen LogP contribution in [0.5, 0.6) is 0 Å². The highest BCUT2D eigenvalue weighted by molar-refractivity contribution is 7.09. The van der Waals surface area contributed by atoms with Crippen molar-refractivity contribution in [1.29, 1.82) is 0 Å². The topological polar surface area (TPSA) is 72.2 Å². The first-order chi connectivity index (χ1) is 15.5. The fourth-order valence-corrected chi connectivity index (χ4v) is 3.98. The maximum atomic E-state index is 11.9. The third-order valence-electron chi connectivity index (χ3n) is 4.97. The molecule has 170 valence electrons. The first kappa shape index (κ1) is 25.3. The van der Waals surface area contributed by atoms with E-state index in [1.165, 1.54) is 0 Å². The summed E-state index contributed by atoms with van der Waals surface area (Å²) in [6.45, 7) is 8.27. The van der Waals surface area contributed by atoms with Gasteiger partial charge < -0.3 is 9.67 Å². The van der Waals surface area contributed by atoms with Crippen molar-refractivity contribution in [1.82, 2.24) is 9.55 Å². The van der Waals surface area contributed by atoms with Crippen LogP contribution in [0.25, 0.3) is 6.08 Å². The summed E-state index contributed by atoms with van der Waals surface area (Å²) in [5, 5.41) is 11.7. The minimum absolute atomic E-state index is 0.0381. The van der Waals surface area contributed by atoms with Crippen molar-refractivity contribution in [2.45, 2.75) is 59.9 Å². The Kier molecular flexibility index (Phi) is 10.1. The Morgan fingerprint density at radius 3 is 2.44 bits per heavy atom. The van der Waals surface area contributed by atoms with Gasteiger partial charge in [-0.3, -0.25) is 4.79 Å². The van der Waals surface area contributed by atoms with Gasteiger partial charge in [0.2, 0.25) is 0 Å². The zero-order valence-corrected chi connectivity index (χ0v) is 20.1. The smallest absolute Gasteiger partial charge is 0.332 e. The van der Waals surface area contributed by atoms with Gasteiger partial charge in [0.1, 0.15) is 5.82 Å². The second-order valence-electron chi connectivity index (χ2n) is 7.27. The molecule has 2 heterocycles. The zero-order valence-electron chi connectivity index (χ0n) is 19.3. The second-order valence-corrected chi connectivity index (χ2v) is 8.31. The number of carboxylic acids is 1. The van der Waals surface area contributed by atoms with E-state index in [1.807, 2.05) is 55.6 Å². The van der Waals surface area contributed by atoms with Crippen molar-refractivity contribution in [3.63, 3.8) is 0 Å². The summed E-state index contributed by atoms with van der Waals surface area (Å²) in [4.78, 5) is 29.0. The van der Waals surface area contributed by atoms with Crippen molar-refractivity contribution in [3.8, 4) is 0 Å². The molecule has 0 spiro atoms. The van der Waals surface area contributed by atoms with Crippen LogP contribution in [0.15, 0.2) is 53.5 Å². The highest BCUT2D eigenvalue weighted by atomic mass is 32.1. The van der Waals surface area contributed by atoms with E-state index in [0.717, 1.165) is 41.2 Å². The molecule has 0 atom stereocenters. The van der Waals surface area contributed by atoms with Gasteiger partial charge in [-0.1, -0.05) is 57.5 Å². The fourth-order valence-electron chi connectivity index (χ4n) is 3.26. The molecule has 5 nitrogen and oxygen atoms in total. The number of benzene rings is 1. The van der Waals surface area contributed by atoms with E-state index in [0.29, 0.717) is 24.1 Å². The highest BCUT2D eigenvalue weighted by Crippen LogP contribution is 2.20. The molecule has 3 rings (SSSR count). The van der Waals surface area contributed by atoms with Crippen molar-refractivity contribution >= 4 is 29.2 Å².